The summed E-state index contributed by atoms with van der Waals surface area (Å²) in [5, 5.41) is 9.19. The molecule has 0 radical (unpaired) electrons. The van der Waals surface area contributed by atoms with E-state index in [1.807, 2.05) is 13.8 Å². The summed E-state index contributed by atoms with van der Waals surface area (Å²) in [5.74, 6) is 1.15. The first kappa shape index (κ1) is 12.1. The average Bonchev–Trinajstić information content (AvgIpc) is 2.23. The number of rotatable bonds is 3. The Balaban J connectivity index is 3.33. The molecule has 1 aromatic carbocycles. The van der Waals surface area contributed by atoms with Crippen molar-refractivity contribution in [3.63, 3.8) is 0 Å². The maximum absolute atomic E-state index is 9.19. The van der Waals surface area contributed by atoms with Crippen molar-refractivity contribution in [1.82, 2.24) is 0 Å². The monoisotopic (exact) mass is 208 g/mol. The van der Waals surface area contributed by atoms with Crippen molar-refractivity contribution in [2.45, 2.75) is 33.6 Å². The third kappa shape index (κ3) is 2.15. The summed E-state index contributed by atoms with van der Waals surface area (Å²) in [6, 6.07) is 2.11. The van der Waals surface area contributed by atoms with Gasteiger partial charge in [0.1, 0.15) is 5.75 Å². The van der Waals surface area contributed by atoms with Crippen LogP contribution in [0.5, 0.6) is 5.75 Å². The lowest BCUT2D eigenvalue weighted by Crippen LogP contribution is -2.05. The Morgan fingerprint density at radius 1 is 1.27 bits per heavy atom. The molecule has 0 bridgehead atoms. The molecule has 1 N–H and O–H groups in total. The summed E-state index contributed by atoms with van der Waals surface area (Å²) in [6.45, 7) is 8.41. The molecule has 0 saturated heterocycles. The molecule has 0 aliphatic heterocycles. The first-order chi connectivity index (χ1) is 7.02. The molecule has 0 spiro atoms. The molecule has 1 aromatic rings. The highest BCUT2D eigenvalue weighted by Crippen LogP contribution is 2.31. The molecule has 1 unspecified atom stereocenters. The largest absolute Gasteiger partial charge is 0.496 e. The van der Waals surface area contributed by atoms with E-state index in [2.05, 4.69) is 19.9 Å². The van der Waals surface area contributed by atoms with E-state index < -0.39 is 0 Å². The van der Waals surface area contributed by atoms with Crippen LogP contribution in [0.2, 0.25) is 0 Å². The van der Waals surface area contributed by atoms with Gasteiger partial charge in [0, 0.05) is 12.5 Å². The number of methoxy groups -OCH3 is 1. The second kappa shape index (κ2) is 4.67. The third-order valence-corrected chi connectivity index (χ3v) is 3.08. The molecule has 0 heterocycles. The van der Waals surface area contributed by atoms with Gasteiger partial charge in [0.2, 0.25) is 0 Å². The minimum absolute atomic E-state index is 0.187. The summed E-state index contributed by atoms with van der Waals surface area (Å²) in [6.07, 6.45) is 0. The van der Waals surface area contributed by atoms with Crippen molar-refractivity contribution in [3.8, 4) is 5.75 Å². The minimum atomic E-state index is 0.187. The zero-order valence-electron chi connectivity index (χ0n) is 10.2. The Morgan fingerprint density at radius 3 is 2.33 bits per heavy atom. The van der Waals surface area contributed by atoms with Crippen molar-refractivity contribution in [1.29, 1.82) is 0 Å². The number of ether oxygens (including phenoxy) is 1. The Kier molecular flexibility index (Phi) is 3.75. The maximum Gasteiger partial charge on any atom is 0.124 e. The number of aliphatic hydroxyl groups is 1. The van der Waals surface area contributed by atoms with E-state index >= 15 is 0 Å². The first-order valence-electron chi connectivity index (χ1n) is 5.28. The molecule has 0 aliphatic rings. The van der Waals surface area contributed by atoms with E-state index in [1.165, 1.54) is 16.7 Å². The number of aryl methyl sites for hydroxylation is 1. The highest BCUT2D eigenvalue weighted by atomic mass is 16.5. The number of aliphatic hydroxyl groups excluding tert-OH is 1. The second-order valence-corrected chi connectivity index (χ2v) is 4.15. The summed E-state index contributed by atoms with van der Waals surface area (Å²) < 4.78 is 5.36. The van der Waals surface area contributed by atoms with Gasteiger partial charge in [-0.1, -0.05) is 13.0 Å². The van der Waals surface area contributed by atoms with E-state index in [9.17, 15) is 5.11 Å². The van der Waals surface area contributed by atoms with Crippen molar-refractivity contribution in [2.24, 2.45) is 0 Å². The van der Waals surface area contributed by atoms with Crippen LogP contribution in [0.1, 0.15) is 35.1 Å². The normalized spacial score (nSPS) is 12.7. The van der Waals surface area contributed by atoms with Gasteiger partial charge in [-0.25, -0.2) is 0 Å². The molecule has 1 atom stereocenters. The summed E-state index contributed by atoms with van der Waals surface area (Å²) >= 11 is 0. The van der Waals surface area contributed by atoms with Gasteiger partial charge in [0.05, 0.1) is 7.11 Å². The zero-order valence-corrected chi connectivity index (χ0v) is 10.2. The van der Waals surface area contributed by atoms with Gasteiger partial charge >= 0.3 is 0 Å². The number of benzene rings is 1. The van der Waals surface area contributed by atoms with E-state index in [0.29, 0.717) is 0 Å². The molecule has 2 nitrogen and oxygen atoms in total. The minimum Gasteiger partial charge on any atom is -0.496 e. The third-order valence-electron chi connectivity index (χ3n) is 3.08. The molecule has 15 heavy (non-hydrogen) atoms. The lowest BCUT2D eigenvalue weighted by molar-refractivity contribution is 0.272. The highest BCUT2D eigenvalue weighted by molar-refractivity contribution is 5.49. The highest BCUT2D eigenvalue weighted by Gasteiger charge is 2.14. The van der Waals surface area contributed by atoms with Crippen LogP contribution >= 0.6 is 0 Å². The molecule has 0 saturated carbocycles. The fraction of sp³-hybridized carbons (Fsp3) is 0.538. The van der Waals surface area contributed by atoms with Crippen molar-refractivity contribution in [3.05, 3.63) is 28.3 Å². The van der Waals surface area contributed by atoms with Gasteiger partial charge < -0.3 is 9.84 Å². The van der Waals surface area contributed by atoms with Crippen molar-refractivity contribution < 1.29 is 9.84 Å². The molecular formula is C13H20O2. The van der Waals surface area contributed by atoms with Crippen molar-refractivity contribution in [2.75, 3.05) is 13.7 Å². The van der Waals surface area contributed by atoms with Gasteiger partial charge in [-0.2, -0.15) is 0 Å². The predicted molar refractivity (Wildman–Crippen MR) is 62.7 cm³/mol. The summed E-state index contributed by atoms with van der Waals surface area (Å²) in [5.41, 5.74) is 4.75. The lowest BCUT2D eigenvalue weighted by Gasteiger charge is -2.18. The van der Waals surface area contributed by atoms with Crippen LogP contribution in [0.15, 0.2) is 6.07 Å². The maximum atomic E-state index is 9.19. The van der Waals surface area contributed by atoms with Crippen LogP contribution in [0.25, 0.3) is 0 Å². The van der Waals surface area contributed by atoms with Crippen molar-refractivity contribution >= 4 is 0 Å². The predicted octanol–water partition coefficient (Wildman–Crippen LogP) is 2.72. The first-order valence-corrected chi connectivity index (χ1v) is 5.28. The Morgan fingerprint density at radius 2 is 1.87 bits per heavy atom. The standard InChI is InChI=1S/C13H20O2/c1-8-6-12(9(2)7-14)10(3)11(4)13(8)15-5/h6,9,14H,7H2,1-5H3. The van der Waals surface area contributed by atoms with E-state index in [1.54, 1.807) is 7.11 Å². The topological polar surface area (TPSA) is 29.5 Å². The quantitative estimate of drug-likeness (QED) is 0.827. The molecule has 84 valence electrons. The second-order valence-electron chi connectivity index (χ2n) is 4.15. The molecule has 2 heteroatoms. The van der Waals surface area contributed by atoms with Gasteiger partial charge in [-0.15, -0.1) is 0 Å². The van der Waals surface area contributed by atoms with Crippen LogP contribution in [0, 0.1) is 20.8 Å². The lowest BCUT2D eigenvalue weighted by atomic mass is 9.91. The van der Waals surface area contributed by atoms with Crippen LogP contribution < -0.4 is 4.74 Å². The molecule has 1 rings (SSSR count). The smallest absolute Gasteiger partial charge is 0.124 e. The van der Waals surface area contributed by atoms with Crippen LogP contribution in [0.4, 0.5) is 0 Å². The van der Waals surface area contributed by atoms with Gasteiger partial charge in [-0.3, -0.25) is 0 Å². The van der Waals surface area contributed by atoms with Crippen LogP contribution in [-0.4, -0.2) is 18.8 Å². The summed E-state index contributed by atoms with van der Waals surface area (Å²) in [4.78, 5) is 0. The van der Waals surface area contributed by atoms with Crippen LogP contribution in [-0.2, 0) is 0 Å². The fourth-order valence-corrected chi connectivity index (χ4v) is 2.01. The molecule has 0 amide bonds. The average molecular weight is 208 g/mol. The van der Waals surface area contributed by atoms with Gasteiger partial charge in [0.25, 0.3) is 0 Å². The summed E-state index contributed by atoms with van der Waals surface area (Å²) in [7, 11) is 1.70. The van der Waals surface area contributed by atoms with E-state index in [4.69, 9.17) is 4.74 Å². The molecule has 0 aromatic heterocycles. The fourth-order valence-electron chi connectivity index (χ4n) is 2.01. The SMILES string of the molecule is COc1c(C)cc(C(C)CO)c(C)c1C. The van der Waals surface area contributed by atoms with E-state index in [-0.39, 0.29) is 12.5 Å². The molecule has 0 fully saturated rings. The Labute approximate surface area is 91.9 Å². The van der Waals surface area contributed by atoms with E-state index in [0.717, 1.165) is 11.3 Å². The number of hydrogen-bond acceptors (Lipinski definition) is 2. The zero-order chi connectivity index (χ0) is 11.6. The van der Waals surface area contributed by atoms with Crippen LogP contribution in [0.3, 0.4) is 0 Å². The Hall–Kier alpha value is -1.02. The number of hydrogen-bond donors (Lipinski definition) is 1. The van der Waals surface area contributed by atoms with Gasteiger partial charge in [0.15, 0.2) is 0 Å². The molecular weight excluding hydrogens is 188 g/mol. The van der Waals surface area contributed by atoms with Gasteiger partial charge in [-0.05, 0) is 43.0 Å². The Bertz CT molecular complexity index is 356. The molecule has 0 aliphatic carbocycles.